The second kappa shape index (κ2) is 7.51. The quantitative estimate of drug-likeness (QED) is 0.584. The maximum absolute atomic E-state index is 12.5. The molecule has 126 valence electrons. The van der Waals surface area contributed by atoms with Gasteiger partial charge in [-0.05, 0) is 37.1 Å². The Kier molecular flexibility index (Phi) is 5.38. The second-order valence-corrected chi connectivity index (χ2v) is 8.65. The van der Waals surface area contributed by atoms with E-state index in [1.54, 1.807) is 12.1 Å². The molecule has 0 aromatic heterocycles. The standard InChI is InChI=1S/C18H19NO3S2/c20-18(14-23-16-6-2-1-3-7-16)15-8-10-17(11-9-15)24(21,22)19-12-4-5-13-19/h1-3,6-11H,4-5,12-14H2. The third-order valence-corrected chi connectivity index (χ3v) is 6.92. The summed E-state index contributed by atoms with van der Waals surface area (Å²) in [7, 11) is -3.42. The summed E-state index contributed by atoms with van der Waals surface area (Å²) >= 11 is 1.48. The van der Waals surface area contributed by atoms with Gasteiger partial charge >= 0.3 is 0 Å². The van der Waals surface area contributed by atoms with E-state index in [0.717, 1.165) is 17.7 Å². The summed E-state index contributed by atoms with van der Waals surface area (Å²) in [5, 5.41) is 0. The molecule has 1 aliphatic rings. The van der Waals surface area contributed by atoms with Gasteiger partial charge in [0.2, 0.25) is 10.0 Å². The number of carbonyl (C=O) groups excluding carboxylic acids is 1. The fourth-order valence-corrected chi connectivity index (χ4v) is 4.97. The van der Waals surface area contributed by atoms with Gasteiger partial charge in [-0.25, -0.2) is 8.42 Å². The topological polar surface area (TPSA) is 54.5 Å². The first-order valence-corrected chi connectivity index (χ1v) is 10.3. The summed E-state index contributed by atoms with van der Waals surface area (Å²) in [6.45, 7) is 1.16. The monoisotopic (exact) mass is 361 g/mol. The molecule has 24 heavy (non-hydrogen) atoms. The Labute approximate surface area is 146 Å². The molecular formula is C18H19NO3S2. The lowest BCUT2D eigenvalue weighted by molar-refractivity contribution is 0.102. The van der Waals surface area contributed by atoms with Crippen LogP contribution in [0.3, 0.4) is 0 Å². The molecule has 0 unspecified atom stereocenters. The van der Waals surface area contributed by atoms with Crippen molar-refractivity contribution in [3.05, 3.63) is 60.2 Å². The SMILES string of the molecule is O=C(CSc1ccccc1)c1ccc(S(=O)(=O)N2CCCC2)cc1. The van der Waals surface area contributed by atoms with E-state index in [-0.39, 0.29) is 10.7 Å². The van der Waals surface area contributed by atoms with Crippen LogP contribution in [0.25, 0.3) is 0 Å². The molecule has 1 saturated heterocycles. The summed E-state index contributed by atoms with van der Waals surface area (Å²) in [4.78, 5) is 13.6. The van der Waals surface area contributed by atoms with E-state index >= 15 is 0 Å². The van der Waals surface area contributed by atoms with Crippen molar-refractivity contribution in [2.45, 2.75) is 22.6 Å². The van der Waals surface area contributed by atoms with Crippen molar-refractivity contribution in [1.82, 2.24) is 4.31 Å². The van der Waals surface area contributed by atoms with Crippen LogP contribution < -0.4 is 0 Å². The van der Waals surface area contributed by atoms with E-state index in [4.69, 9.17) is 0 Å². The molecule has 2 aromatic rings. The normalized spacial score (nSPS) is 15.5. The average Bonchev–Trinajstić information content (AvgIpc) is 3.16. The van der Waals surface area contributed by atoms with E-state index in [1.807, 2.05) is 30.3 Å². The molecule has 0 atom stereocenters. The highest BCUT2D eigenvalue weighted by atomic mass is 32.2. The number of hydrogen-bond acceptors (Lipinski definition) is 4. The zero-order valence-corrected chi connectivity index (χ0v) is 14.9. The van der Waals surface area contributed by atoms with Crippen LogP contribution in [0.2, 0.25) is 0 Å². The fraction of sp³-hybridized carbons (Fsp3) is 0.278. The third kappa shape index (κ3) is 3.88. The zero-order chi connectivity index (χ0) is 17.0. The number of carbonyl (C=O) groups is 1. The predicted molar refractivity (Wildman–Crippen MR) is 95.9 cm³/mol. The summed E-state index contributed by atoms with van der Waals surface area (Å²) in [5.74, 6) is 0.330. The maximum Gasteiger partial charge on any atom is 0.243 e. The number of benzene rings is 2. The van der Waals surface area contributed by atoms with Crippen LogP contribution >= 0.6 is 11.8 Å². The van der Waals surface area contributed by atoms with E-state index in [9.17, 15) is 13.2 Å². The molecule has 2 aromatic carbocycles. The number of hydrogen-bond donors (Lipinski definition) is 0. The van der Waals surface area contributed by atoms with Crippen LogP contribution in [0.1, 0.15) is 23.2 Å². The smallest absolute Gasteiger partial charge is 0.243 e. The Morgan fingerprint density at radius 2 is 1.58 bits per heavy atom. The average molecular weight is 361 g/mol. The number of ketones is 1. The Morgan fingerprint density at radius 1 is 0.958 bits per heavy atom. The van der Waals surface area contributed by atoms with Crippen molar-refractivity contribution in [2.75, 3.05) is 18.8 Å². The minimum absolute atomic E-state index is 0.00558. The summed E-state index contributed by atoms with van der Waals surface area (Å²) in [6.07, 6.45) is 1.82. The first kappa shape index (κ1) is 17.2. The number of thioether (sulfide) groups is 1. The minimum Gasteiger partial charge on any atom is -0.293 e. The summed E-state index contributed by atoms with van der Waals surface area (Å²) < 4.78 is 26.4. The number of nitrogens with zero attached hydrogens (tertiary/aromatic N) is 1. The van der Waals surface area contributed by atoms with Gasteiger partial charge in [-0.1, -0.05) is 30.3 Å². The van der Waals surface area contributed by atoms with E-state index in [0.29, 0.717) is 24.4 Å². The molecule has 1 heterocycles. The molecule has 0 bridgehead atoms. The first-order valence-electron chi connectivity index (χ1n) is 7.89. The Morgan fingerprint density at radius 3 is 2.21 bits per heavy atom. The molecule has 3 rings (SSSR count). The van der Waals surface area contributed by atoms with Crippen LogP contribution in [-0.2, 0) is 10.0 Å². The molecule has 0 spiro atoms. The first-order chi connectivity index (χ1) is 11.6. The lowest BCUT2D eigenvalue weighted by Crippen LogP contribution is -2.27. The third-order valence-electron chi connectivity index (χ3n) is 3.99. The molecule has 4 nitrogen and oxygen atoms in total. The lowest BCUT2D eigenvalue weighted by atomic mass is 10.1. The van der Waals surface area contributed by atoms with Crippen molar-refractivity contribution < 1.29 is 13.2 Å². The lowest BCUT2D eigenvalue weighted by Gasteiger charge is -2.15. The molecule has 0 N–H and O–H groups in total. The molecule has 6 heteroatoms. The highest BCUT2D eigenvalue weighted by molar-refractivity contribution is 8.00. The van der Waals surface area contributed by atoms with Gasteiger partial charge in [-0.3, -0.25) is 4.79 Å². The van der Waals surface area contributed by atoms with Crippen LogP contribution in [0.15, 0.2) is 64.4 Å². The van der Waals surface area contributed by atoms with Crippen LogP contribution in [0.5, 0.6) is 0 Å². The van der Waals surface area contributed by atoms with Crippen LogP contribution in [0.4, 0.5) is 0 Å². The largest absolute Gasteiger partial charge is 0.293 e. The van der Waals surface area contributed by atoms with Gasteiger partial charge in [0.05, 0.1) is 10.6 Å². The minimum atomic E-state index is -3.42. The Bertz CT molecular complexity index is 796. The molecule has 1 fully saturated rings. The number of Topliss-reactive ketones (excluding diaryl/α,β-unsaturated/α-hetero) is 1. The van der Waals surface area contributed by atoms with Crippen molar-refractivity contribution in [1.29, 1.82) is 0 Å². The second-order valence-electron chi connectivity index (χ2n) is 5.66. The fourth-order valence-electron chi connectivity index (χ4n) is 2.64. The van der Waals surface area contributed by atoms with Crippen molar-refractivity contribution in [3.63, 3.8) is 0 Å². The van der Waals surface area contributed by atoms with Crippen LogP contribution in [-0.4, -0.2) is 37.3 Å². The van der Waals surface area contributed by atoms with Gasteiger partial charge in [0.25, 0.3) is 0 Å². The van der Waals surface area contributed by atoms with E-state index in [1.165, 1.54) is 28.2 Å². The Balaban J connectivity index is 1.66. The number of sulfonamides is 1. The molecule has 0 aliphatic carbocycles. The van der Waals surface area contributed by atoms with E-state index < -0.39 is 10.0 Å². The Hall–Kier alpha value is -1.63. The molecule has 0 radical (unpaired) electrons. The highest BCUT2D eigenvalue weighted by Crippen LogP contribution is 2.22. The van der Waals surface area contributed by atoms with Crippen molar-refractivity contribution in [3.8, 4) is 0 Å². The summed E-state index contributed by atoms with van der Waals surface area (Å²) in [5.41, 5.74) is 0.541. The van der Waals surface area contributed by atoms with Gasteiger partial charge in [0.1, 0.15) is 0 Å². The van der Waals surface area contributed by atoms with Gasteiger partial charge in [-0.15, -0.1) is 11.8 Å². The molecule has 0 saturated carbocycles. The molecular weight excluding hydrogens is 342 g/mol. The van der Waals surface area contributed by atoms with Gasteiger partial charge < -0.3 is 0 Å². The van der Waals surface area contributed by atoms with E-state index in [2.05, 4.69) is 0 Å². The predicted octanol–water partition coefficient (Wildman–Crippen LogP) is 3.45. The van der Waals surface area contributed by atoms with Gasteiger partial charge in [0, 0.05) is 23.5 Å². The van der Waals surface area contributed by atoms with Gasteiger partial charge in [-0.2, -0.15) is 4.31 Å². The van der Waals surface area contributed by atoms with Gasteiger partial charge in [0.15, 0.2) is 5.78 Å². The summed E-state index contributed by atoms with van der Waals surface area (Å²) in [6, 6.07) is 16.0. The maximum atomic E-state index is 12.5. The molecule has 0 amide bonds. The molecule has 1 aliphatic heterocycles. The highest BCUT2D eigenvalue weighted by Gasteiger charge is 2.27. The van der Waals surface area contributed by atoms with Crippen molar-refractivity contribution in [2.24, 2.45) is 0 Å². The zero-order valence-electron chi connectivity index (χ0n) is 13.2. The van der Waals surface area contributed by atoms with Crippen molar-refractivity contribution >= 4 is 27.6 Å². The number of rotatable bonds is 6. The van der Waals surface area contributed by atoms with Crippen LogP contribution in [0, 0.1) is 0 Å².